The van der Waals surface area contributed by atoms with E-state index in [9.17, 15) is 9.18 Å². The molecule has 1 N–H and O–H groups in total. The Morgan fingerprint density at radius 2 is 1.86 bits per heavy atom. The molecular weight excluding hydrogens is 359 g/mol. The molecule has 0 spiro atoms. The van der Waals surface area contributed by atoms with Crippen molar-refractivity contribution >= 4 is 17.4 Å². The highest BCUT2D eigenvalue weighted by molar-refractivity contribution is 5.97. The monoisotopic (exact) mass is 378 g/mol. The highest BCUT2D eigenvalue weighted by atomic mass is 19.1. The second-order valence-corrected chi connectivity index (χ2v) is 6.39. The molecule has 0 bridgehead atoms. The molecule has 0 saturated carbocycles. The van der Waals surface area contributed by atoms with Crippen LogP contribution in [0.2, 0.25) is 0 Å². The maximum atomic E-state index is 13.0. The van der Waals surface area contributed by atoms with E-state index < -0.39 is 0 Å². The van der Waals surface area contributed by atoms with Crippen LogP contribution in [0.25, 0.3) is 11.3 Å². The fraction of sp³-hybridized carbons (Fsp3) is 0.190. The van der Waals surface area contributed by atoms with Gasteiger partial charge in [-0.1, -0.05) is 12.1 Å². The maximum Gasteiger partial charge on any atom is 0.265 e. The fourth-order valence-corrected chi connectivity index (χ4v) is 3.05. The van der Waals surface area contributed by atoms with Crippen molar-refractivity contribution in [3.8, 4) is 17.0 Å². The summed E-state index contributed by atoms with van der Waals surface area (Å²) in [6, 6.07) is 17.3. The summed E-state index contributed by atoms with van der Waals surface area (Å²) < 4.78 is 18.5. The van der Waals surface area contributed by atoms with Crippen molar-refractivity contribution in [2.75, 3.05) is 29.9 Å². The van der Waals surface area contributed by atoms with Gasteiger partial charge in [0.1, 0.15) is 17.4 Å². The molecule has 0 fully saturated rings. The fourth-order valence-electron chi connectivity index (χ4n) is 3.05. The number of hydrogen-bond donors (Lipinski definition) is 1. The predicted molar refractivity (Wildman–Crippen MR) is 105 cm³/mol. The molecule has 28 heavy (non-hydrogen) atoms. The molecule has 0 atom stereocenters. The van der Waals surface area contributed by atoms with Crippen molar-refractivity contribution in [1.29, 1.82) is 0 Å². The van der Waals surface area contributed by atoms with Gasteiger partial charge < -0.3 is 15.0 Å². The molecule has 1 aromatic heterocycles. The minimum atomic E-state index is -0.281. The van der Waals surface area contributed by atoms with Crippen LogP contribution in [0, 0.1) is 5.82 Å². The van der Waals surface area contributed by atoms with Crippen LogP contribution >= 0.6 is 0 Å². The molecule has 1 aliphatic heterocycles. The van der Waals surface area contributed by atoms with E-state index in [1.54, 1.807) is 17.0 Å². The SMILES string of the molecule is O=C1COc2ccccc2N1CCCNc1ccc(-c2ccc(F)cc2)nn1. The van der Waals surface area contributed by atoms with Gasteiger partial charge in [0.25, 0.3) is 5.91 Å². The molecule has 0 unspecified atom stereocenters. The first-order chi connectivity index (χ1) is 13.7. The van der Waals surface area contributed by atoms with E-state index in [1.165, 1.54) is 12.1 Å². The average molecular weight is 378 g/mol. The van der Waals surface area contributed by atoms with Gasteiger partial charge in [0.15, 0.2) is 6.61 Å². The van der Waals surface area contributed by atoms with Gasteiger partial charge >= 0.3 is 0 Å². The molecule has 142 valence electrons. The number of aromatic nitrogens is 2. The third-order valence-electron chi connectivity index (χ3n) is 4.48. The lowest BCUT2D eigenvalue weighted by Gasteiger charge is -2.29. The van der Waals surface area contributed by atoms with Gasteiger partial charge in [0.05, 0.1) is 11.4 Å². The first-order valence-corrected chi connectivity index (χ1v) is 9.06. The highest BCUT2D eigenvalue weighted by Gasteiger charge is 2.24. The number of hydrogen-bond acceptors (Lipinski definition) is 5. The molecule has 1 aliphatic rings. The molecule has 6 nitrogen and oxygen atoms in total. The lowest BCUT2D eigenvalue weighted by molar-refractivity contribution is -0.121. The summed E-state index contributed by atoms with van der Waals surface area (Å²) in [4.78, 5) is 13.9. The lowest BCUT2D eigenvalue weighted by Crippen LogP contribution is -2.39. The van der Waals surface area contributed by atoms with Crippen LogP contribution in [0.1, 0.15) is 6.42 Å². The summed E-state index contributed by atoms with van der Waals surface area (Å²) >= 11 is 0. The Kier molecular flexibility index (Phi) is 5.14. The first kappa shape index (κ1) is 17.9. The molecule has 1 amide bonds. The second-order valence-electron chi connectivity index (χ2n) is 6.39. The summed E-state index contributed by atoms with van der Waals surface area (Å²) in [5, 5.41) is 11.5. The Hall–Kier alpha value is -3.48. The molecular formula is C21H19FN4O2. The Bertz CT molecular complexity index is 961. The van der Waals surface area contributed by atoms with Crippen LogP contribution in [0.15, 0.2) is 60.7 Å². The molecule has 2 aromatic carbocycles. The number of benzene rings is 2. The van der Waals surface area contributed by atoms with Gasteiger partial charge in [0, 0.05) is 18.7 Å². The van der Waals surface area contributed by atoms with Crippen LogP contribution < -0.4 is 15.0 Å². The zero-order valence-corrected chi connectivity index (χ0v) is 15.1. The van der Waals surface area contributed by atoms with Gasteiger partial charge in [0.2, 0.25) is 0 Å². The van der Waals surface area contributed by atoms with E-state index >= 15 is 0 Å². The lowest BCUT2D eigenvalue weighted by atomic mass is 10.1. The number of nitrogens with zero attached hydrogens (tertiary/aromatic N) is 3. The third kappa shape index (κ3) is 3.93. The number of halogens is 1. The number of carbonyl (C=O) groups excluding carboxylic acids is 1. The molecule has 0 saturated heterocycles. The van der Waals surface area contributed by atoms with Gasteiger partial charge in [-0.2, -0.15) is 0 Å². The maximum absolute atomic E-state index is 13.0. The zero-order chi connectivity index (χ0) is 19.3. The number of carbonyl (C=O) groups is 1. The normalized spacial score (nSPS) is 13.0. The van der Waals surface area contributed by atoms with Gasteiger partial charge in [-0.05, 0) is 55.0 Å². The highest BCUT2D eigenvalue weighted by Crippen LogP contribution is 2.31. The second kappa shape index (κ2) is 8.04. The van der Waals surface area contributed by atoms with Gasteiger partial charge in [-0.3, -0.25) is 4.79 Å². The Morgan fingerprint density at radius 1 is 1.04 bits per heavy atom. The van der Waals surface area contributed by atoms with Crippen LogP contribution in [-0.4, -0.2) is 35.8 Å². The number of ether oxygens (including phenoxy) is 1. The minimum absolute atomic E-state index is 0.0397. The van der Waals surface area contributed by atoms with Crippen molar-refractivity contribution < 1.29 is 13.9 Å². The molecule has 2 heterocycles. The van der Waals surface area contributed by atoms with Crippen molar-refractivity contribution in [2.45, 2.75) is 6.42 Å². The molecule has 7 heteroatoms. The summed E-state index contributed by atoms with van der Waals surface area (Å²) in [7, 11) is 0. The summed E-state index contributed by atoms with van der Waals surface area (Å²) in [5.74, 6) is 1.07. The summed E-state index contributed by atoms with van der Waals surface area (Å²) in [5.41, 5.74) is 2.30. The van der Waals surface area contributed by atoms with E-state index in [0.29, 0.717) is 24.6 Å². The van der Waals surface area contributed by atoms with Crippen molar-refractivity contribution in [1.82, 2.24) is 10.2 Å². The van der Waals surface area contributed by atoms with Crippen LogP contribution in [0.5, 0.6) is 5.75 Å². The standard InChI is InChI=1S/C21H19FN4O2/c22-16-8-6-15(7-9-16)17-10-11-20(25-24-17)23-12-3-13-26-18-4-1-2-5-19(18)28-14-21(26)27/h1-2,4-11H,3,12-14H2,(H,23,25). The topological polar surface area (TPSA) is 67.3 Å². The smallest absolute Gasteiger partial charge is 0.265 e. The quantitative estimate of drug-likeness (QED) is 0.665. The van der Waals surface area contributed by atoms with E-state index in [1.807, 2.05) is 36.4 Å². The van der Waals surface area contributed by atoms with E-state index in [0.717, 1.165) is 23.4 Å². The number of para-hydroxylation sites is 2. The van der Waals surface area contributed by atoms with Crippen LogP contribution in [-0.2, 0) is 4.79 Å². The van der Waals surface area contributed by atoms with Gasteiger partial charge in [-0.15, -0.1) is 10.2 Å². The Labute approximate surface area is 162 Å². The average Bonchev–Trinajstić information content (AvgIpc) is 2.73. The van der Waals surface area contributed by atoms with Crippen LogP contribution in [0.4, 0.5) is 15.9 Å². The number of nitrogens with one attached hydrogen (secondary N) is 1. The first-order valence-electron chi connectivity index (χ1n) is 9.06. The molecule has 4 rings (SSSR count). The number of amides is 1. The molecule has 0 radical (unpaired) electrons. The molecule has 3 aromatic rings. The number of rotatable bonds is 6. The van der Waals surface area contributed by atoms with Gasteiger partial charge in [-0.25, -0.2) is 4.39 Å². The summed E-state index contributed by atoms with van der Waals surface area (Å²) in [6.45, 7) is 1.31. The van der Waals surface area contributed by atoms with Crippen LogP contribution in [0.3, 0.4) is 0 Å². The minimum Gasteiger partial charge on any atom is -0.482 e. The van der Waals surface area contributed by atoms with E-state index in [2.05, 4.69) is 15.5 Å². The Balaban J connectivity index is 1.31. The molecule has 0 aliphatic carbocycles. The van der Waals surface area contributed by atoms with Crippen molar-refractivity contribution in [2.24, 2.45) is 0 Å². The summed E-state index contributed by atoms with van der Waals surface area (Å²) in [6.07, 6.45) is 0.751. The number of anilines is 2. The number of fused-ring (bicyclic) bond motifs is 1. The predicted octanol–water partition coefficient (Wildman–Crippen LogP) is 3.51. The van der Waals surface area contributed by atoms with Crippen molar-refractivity contribution in [3.05, 3.63) is 66.5 Å². The third-order valence-corrected chi connectivity index (χ3v) is 4.48. The van der Waals surface area contributed by atoms with Crippen molar-refractivity contribution in [3.63, 3.8) is 0 Å². The largest absolute Gasteiger partial charge is 0.482 e. The van der Waals surface area contributed by atoms with E-state index in [4.69, 9.17) is 4.74 Å². The Morgan fingerprint density at radius 3 is 2.64 bits per heavy atom. The zero-order valence-electron chi connectivity index (χ0n) is 15.1. The van der Waals surface area contributed by atoms with E-state index in [-0.39, 0.29) is 18.3 Å².